The quantitative estimate of drug-likeness (QED) is 0.216. The minimum absolute atomic E-state index is 0.0866. The average Bonchev–Trinajstić information content (AvgIpc) is 3.43. The maximum atomic E-state index is 13.5. The van der Waals surface area contributed by atoms with Crippen LogP contribution < -0.4 is 14.4 Å². The smallest absolute Gasteiger partial charge is 0.350 e. The molecular formula is C28H26N2O7S. The van der Waals surface area contributed by atoms with Crippen molar-refractivity contribution < 1.29 is 33.7 Å². The summed E-state index contributed by atoms with van der Waals surface area (Å²) in [7, 11) is 1.26. The number of esters is 1. The molecular weight excluding hydrogens is 508 g/mol. The molecule has 1 amide bonds. The Bertz CT molecular complexity index is 1470. The van der Waals surface area contributed by atoms with Gasteiger partial charge in [-0.05, 0) is 42.2 Å². The monoisotopic (exact) mass is 534 g/mol. The summed E-state index contributed by atoms with van der Waals surface area (Å²) in [5, 5.41) is 11.6. The van der Waals surface area contributed by atoms with E-state index in [4.69, 9.17) is 14.2 Å². The fourth-order valence-corrected chi connectivity index (χ4v) is 5.53. The Labute approximate surface area is 223 Å². The van der Waals surface area contributed by atoms with Crippen LogP contribution in [0.3, 0.4) is 0 Å². The number of ether oxygens (including phenoxy) is 3. The predicted octanol–water partition coefficient (Wildman–Crippen LogP) is 4.76. The van der Waals surface area contributed by atoms with Gasteiger partial charge in [-0.3, -0.25) is 14.5 Å². The van der Waals surface area contributed by atoms with E-state index in [9.17, 15) is 19.5 Å². The molecule has 0 saturated carbocycles. The van der Waals surface area contributed by atoms with E-state index in [0.29, 0.717) is 41.5 Å². The van der Waals surface area contributed by atoms with E-state index >= 15 is 0 Å². The van der Waals surface area contributed by atoms with Crippen LogP contribution in [-0.2, 0) is 14.3 Å². The number of nitrogens with zero attached hydrogens (tertiary/aromatic N) is 2. The van der Waals surface area contributed by atoms with Crippen LogP contribution in [0.5, 0.6) is 11.5 Å². The topological polar surface area (TPSA) is 115 Å². The van der Waals surface area contributed by atoms with E-state index < -0.39 is 23.7 Å². The van der Waals surface area contributed by atoms with Gasteiger partial charge in [0.15, 0.2) is 16.6 Å². The first-order chi connectivity index (χ1) is 18.2. The maximum Gasteiger partial charge on any atom is 0.350 e. The van der Waals surface area contributed by atoms with Gasteiger partial charge in [0.25, 0.3) is 5.78 Å². The number of aliphatic hydroxyl groups excluding tert-OH is 1. The number of carbonyl (C=O) groups excluding carboxylic acids is 3. The Balaban J connectivity index is 1.68. The number of benzene rings is 2. The van der Waals surface area contributed by atoms with Crippen molar-refractivity contribution in [2.24, 2.45) is 0 Å². The second-order valence-corrected chi connectivity index (χ2v) is 10.2. The summed E-state index contributed by atoms with van der Waals surface area (Å²) < 4.78 is 16.0. The van der Waals surface area contributed by atoms with Gasteiger partial charge in [-0.1, -0.05) is 49.4 Å². The van der Waals surface area contributed by atoms with Crippen molar-refractivity contribution in [3.63, 3.8) is 0 Å². The summed E-state index contributed by atoms with van der Waals surface area (Å²) >= 11 is 0.956. The number of carbonyl (C=O) groups is 3. The molecule has 5 rings (SSSR count). The number of anilines is 1. The van der Waals surface area contributed by atoms with Gasteiger partial charge in [0, 0.05) is 5.56 Å². The number of fused-ring (bicyclic) bond motifs is 1. The number of amides is 1. The number of aromatic nitrogens is 1. The van der Waals surface area contributed by atoms with Crippen molar-refractivity contribution >= 4 is 39.9 Å². The molecule has 1 aromatic heterocycles. The normalized spacial score (nSPS) is 18.2. The van der Waals surface area contributed by atoms with E-state index in [-0.39, 0.29) is 27.3 Å². The fourth-order valence-electron chi connectivity index (χ4n) is 4.52. The van der Waals surface area contributed by atoms with Crippen molar-refractivity contribution in [2.45, 2.75) is 32.7 Å². The van der Waals surface area contributed by atoms with Crippen molar-refractivity contribution in [3.8, 4) is 11.5 Å². The summed E-state index contributed by atoms with van der Waals surface area (Å²) in [5.41, 5.74) is 2.29. The zero-order valence-electron chi connectivity index (χ0n) is 21.3. The molecule has 2 aliphatic heterocycles. The standard InChI is InChI=1S/C28H26N2O7S/c1-14(2)16-5-7-17(8-6-16)22-21(23(31)18-9-10-19-20(13-18)37-12-11-36-19)24(32)26(33)30(22)28-29-15(3)25(38-28)27(34)35-4/h5-10,13-14,22,31H,11-12H2,1-4H3/b23-21-. The minimum atomic E-state index is -0.972. The number of Topliss-reactive ketones (excluding diaryl/α,β-unsaturated/α-hetero) is 1. The van der Waals surface area contributed by atoms with Gasteiger partial charge in [0.05, 0.1) is 24.4 Å². The van der Waals surface area contributed by atoms with Crippen LogP contribution in [0.4, 0.5) is 5.13 Å². The highest BCUT2D eigenvalue weighted by Crippen LogP contribution is 2.45. The molecule has 3 heterocycles. The number of thiazole rings is 1. The summed E-state index contributed by atoms with van der Waals surface area (Å²) in [6.07, 6.45) is 0. The number of hydrogen-bond acceptors (Lipinski definition) is 9. The van der Waals surface area contributed by atoms with Crippen LogP contribution in [0.2, 0.25) is 0 Å². The third-order valence-electron chi connectivity index (χ3n) is 6.54. The van der Waals surface area contributed by atoms with Crippen LogP contribution >= 0.6 is 11.3 Å². The third-order valence-corrected chi connectivity index (χ3v) is 7.68. The molecule has 1 N–H and O–H groups in total. The van der Waals surface area contributed by atoms with Crippen LogP contribution in [-0.4, -0.2) is 48.1 Å². The van der Waals surface area contributed by atoms with Crippen molar-refractivity contribution in [3.05, 3.63) is 75.3 Å². The lowest BCUT2D eigenvalue weighted by molar-refractivity contribution is -0.132. The van der Waals surface area contributed by atoms with Gasteiger partial charge in [-0.2, -0.15) is 0 Å². The Morgan fingerprint density at radius 3 is 2.45 bits per heavy atom. The summed E-state index contributed by atoms with van der Waals surface area (Å²) in [4.78, 5) is 45.0. The molecule has 3 aromatic rings. The molecule has 38 heavy (non-hydrogen) atoms. The number of aliphatic hydroxyl groups is 1. The lowest BCUT2D eigenvalue weighted by Gasteiger charge is -2.24. The zero-order chi connectivity index (χ0) is 27.1. The number of rotatable bonds is 5. The molecule has 2 aromatic carbocycles. The van der Waals surface area contributed by atoms with Crippen LogP contribution in [0.25, 0.3) is 5.76 Å². The number of ketones is 1. The molecule has 9 nitrogen and oxygen atoms in total. The maximum absolute atomic E-state index is 13.5. The van der Waals surface area contributed by atoms with E-state index in [1.807, 2.05) is 24.3 Å². The molecule has 1 unspecified atom stereocenters. The SMILES string of the molecule is COC(=O)c1sc(N2C(=O)C(=O)/C(=C(\O)c3ccc4c(c3)OCCO4)C2c2ccc(C(C)C)cc2)nc1C. The molecule has 0 bridgehead atoms. The largest absolute Gasteiger partial charge is 0.507 e. The van der Waals surface area contributed by atoms with Gasteiger partial charge in [-0.25, -0.2) is 9.78 Å². The Hall–Kier alpha value is -4.18. The Morgan fingerprint density at radius 1 is 1.11 bits per heavy atom. The van der Waals surface area contributed by atoms with Crippen LogP contribution in [0.1, 0.15) is 57.9 Å². The zero-order valence-corrected chi connectivity index (χ0v) is 22.1. The predicted molar refractivity (Wildman–Crippen MR) is 141 cm³/mol. The number of aryl methyl sites for hydroxylation is 1. The number of hydrogen-bond donors (Lipinski definition) is 1. The van der Waals surface area contributed by atoms with Gasteiger partial charge in [0.1, 0.15) is 23.9 Å². The molecule has 10 heteroatoms. The molecule has 0 aliphatic carbocycles. The fraction of sp³-hybridized carbons (Fsp3) is 0.286. The Morgan fingerprint density at radius 2 is 1.79 bits per heavy atom. The highest BCUT2D eigenvalue weighted by molar-refractivity contribution is 7.17. The molecule has 1 saturated heterocycles. The lowest BCUT2D eigenvalue weighted by atomic mass is 9.93. The highest BCUT2D eigenvalue weighted by atomic mass is 32.1. The molecule has 196 valence electrons. The second kappa shape index (κ2) is 9.94. The van der Waals surface area contributed by atoms with Crippen LogP contribution in [0.15, 0.2) is 48.0 Å². The van der Waals surface area contributed by atoms with Crippen molar-refractivity contribution in [1.82, 2.24) is 4.98 Å². The molecule has 0 radical (unpaired) electrons. The first-order valence-corrected chi connectivity index (χ1v) is 12.9. The lowest BCUT2D eigenvalue weighted by Crippen LogP contribution is -2.29. The van der Waals surface area contributed by atoms with E-state index in [2.05, 4.69) is 18.8 Å². The molecule has 1 atom stereocenters. The summed E-state index contributed by atoms with van der Waals surface area (Å²) in [5.74, 6) is -1.40. The first-order valence-electron chi connectivity index (χ1n) is 12.1. The van der Waals surface area contributed by atoms with Gasteiger partial charge in [0.2, 0.25) is 0 Å². The van der Waals surface area contributed by atoms with Crippen molar-refractivity contribution in [1.29, 1.82) is 0 Å². The second-order valence-electron chi connectivity index (χ2n) is 9.25. The first kappa shape index (κ1) is 25.5. The van der Waals surface area contributed by atoms with Crippen LogP contribution in [0, 0.1) is 6.92 Å². The highest BCUT2D eigenvalue weighted by Gasteiger charge is 2.48. The van der Waals surface area contributed by atoms with E-state index in [1.54, 1.807) is 25.1 Å². The molecule has 1 fully saturated rings. The van der Waals surface area contributed by atoms with E-state index in [0.717, 1.165) is 16.9 Å². The molecule has 0 spiro atoms. The average molecular weight is 535 g/mol. The summed E-state index contributed by atoms with van der Waals surface area (Å²) in [6.45, 7) is 6.53. The molecule has 2 aliphatic rings. The van der Waals surface area contributed by atoms with E-state index in [1.165, 1.54) is 12.0 Å². The van der Waals surface area contributed by atoms with Gasteiger partial charge < -0.3 is 19.3 Å². The van der Waals surface area contributed by atoms with Gasteiger partial charge >= 0.3 is 11.9 Å². The Kier molecular flexibility index (Phi) is 6.66. The van der Waals surface area contributed by atoms with Gasteiger partial charge in [-0.15, -0.1) is 0 Å². The minimum Gasteiger partial charge on any atom is -0.507 e. The third kappa shape index (κ3) is 4.30. The number of methoxy groups -OCH3 is 1. The van der Waals surface area contributed by atoms with Crippen molar-refractivity contribution in [2.75, 3.05) is 25.2 Å². The summed E-state index contributed by atoms with van der Waals surface area (Å²) in [6, 6.07) is 11.4.